The molecule has 2 saturated carbocycles. The van der Waals surface area contributed by atoms with Crippen LogP contribution in [0, 0.1) is 17.3 Å². The van der Waals surface area contributed by atoms with E-state index in [9.17, 15) is 0 Å². The van der Waals surface area contributed by atoms with Crippen molar-refractivity contribution in [3.8, 4) is 0 Å². The van der Waals surface area contributed by atoms with Crippen molar-refractivity contribution in [3.63, 3.8) is 0 Å². The zero-order valence-corrected chi connectivity index (χ0v) is 18.4. The Kier molecular flexibility index (Phi) is 7.08. The van der Waals surface area contributed by atoms with Gasteiger partial charge in [-0.25, -0.2) is 0 Å². The van der Waals surface area contributed by atoms with Crippen LogP contribution in [-0.2, 0) is 9.47 Å². The first kappa shape index (κ1) is 21.3. The zero-order valence-electron chi connectivity index (χ0n) is 18.4. The normalized spacial score (nSPS) is 31.7. The van der Waals surface area contributed by atoms with Crippen LogP contribution in [0.3, 0.4) is 0 Å². The van der Waals surface area contributed by atoms with E-state index in [2.05, 4.69) is 39.2 Å². The van der Waals surface area contributed by atoms with Gasteiger partial charge in [-0.2, -0.15) is 0 Å². The lowest BCUT2D eigenvalue weighted by atomic mass is 9.68. The van der Waals surface area contributed by atoms with Crippen molar-refractivity contribution in [1.82, 2.24) is 4.90 Å². The monoisotopic (exact) mass is 377 g/mol. The van der Waals surface area contributed by atoms with Crippen LogP contribution in [0.4, 0.5) is 0 Å². The summed E-state index contributed by atoms with van der Waals surface area (Å²) < 4.78 is 12.8. The van der Waals surface area contributed by atoms with Crippen LogP contribution in [0.25, 0.3) is 0 Å². The summed E-state index contributed by atoms with van der Waals surface area (Å²) >= 11 is 0. The first-order chi connectivity index (χ1) is 12.8. The smallest absolute Gasteiger partial charge is 0.168 e. The first-order valence-corrected chi connectivity index (χ1v) is 11.5. The molecule has 27 heavy (non-hydrogen) atoms. The van der Waals surface area contributed by atoms with Gasteiger partial charge in [0.05, 0.1) is 12.7 Å². The molecule has 3 rings (SSSR count). The van der Waals surface area contributed by atoms with Crippen molar-refractivity contribution in [2.75, 3.05) is 26.2 Å². The highest BCUT2D eigenvalue weighted by molar-refractivity contribution is 4.94. The van der Waals surface area contributed by atoms with E-state index in [1.165, 1.54) is 50.6 Å². The molecule has 156 valence electrons. The third-order valence-corrected chi connectivity index (χ3v) is 7.13. The van der Waals surface area contributed by atoms with Crippen LogP contribution >= 0.6 is 0 Å². The molecular formula is C24H43NO2. The number of nitrogens with zero attached hydrogens (tertiary/aromatic N) is 1. The molecule has 0 aromatic carbocycles. The van der Waals surface area contributed by atoms with E-state index < -0.39 is 0 Å². The molecule has 1 aliphatic heterocycles. The highest BCUT2D eigenvalue weighted by Crippen LogP contribution is 2.47. The maximum absolute atomic E-state index is 6.52. The van der Waals surface area contributed by atoms with Gasteiger partial charge in [-0.15, -0.1) is 0 Å². The van der Waals surface area contributed by atoms with Gasteiger partial charge in [0.1, 0.15) is 0 Å². The lowest BCUT2D eigenvalue weighted by Gasteiger charge is -2.42. The average Bonchev–Trinajstić information content (AvgIpc) is 3.33. The SMILES string of the molecule is C=C(C)CN(CCC1COC2(CCC(C(C)(C)CCC)CC2)O1)CC1CC1. The second-order valence-corrected chi connectivity index (χ2v) is 10.4. The maximum atomic E-state index is 6.52. The Hall–Kier alpha value is -0.380. The number of hydrogen-bond donors (Lipinski definition) is 0. The zero-order chi connectivity index (χ0) is 19.5. The van der Waals surface area contributed by atoms with Gasteiger partial charge >= 0.3 is 0 Å². The standard InChI is InChI=1S/C24H43NO2/c1-6-12-23(4,5)21-9-13-24(14-10-21)26-18-22(27-24)11-15-25(16-19(2)3)17-20-7-8-20/h20-22H,2,6-18H2,1,3-5H3. The van der Waals surface area contributed by atoms with Crippen molar-refractivity contribution in [2.24, 2.45) is 17.3 Å². The van der Waals surface area contributed by atoms with Crippen LogP contribution in [-0.4, -0.2) is 43.0 Å². The largest absolute Gasteiger partial charge is 0.347 e. The van der Waals surface area contributed by atoms with Gasteiger partial charge in [-0.3, -0.25) is 4.90 Å². The molecule has 0 bridgehead atoms. The van der Waals surface area contributed by atoms with Crippen LogP contribution < -0.4 is 0 Å². The third kappa shape index (κ3) is 6.05. The van der Waals surface area contributed by atoms with Crippen LogP contribution in [0.1, 0.15) is 85.5 Å². The Labute approximate surface area is 167 Å². The van der Waals surface area contributed by atoms with E-state index in [4.69, 9.17) is 9.47 Å². The summed E-state index contributed by atoms with van der Waals surface area (Å²) in [4.78, 5) is 2.58. The Balaban J connectivity index is 1.43. The van der Waals surface area contributed by atoms with Crippen molar-refractivity contribution in [2.45, 2.75) is 97.4 Å². The third-order valence-electron chi connectivity index (χ3n) is 7.13. The summed E-state index contributed by atoms with van der Waals surface area (Å²) in [5.41, 5.74) is 1.73. The number of hydrogen-bond acceptors (Lipinski definition) is 3. The fraction of sp³-hybridized carbons (Fsp3) is 0.917. The van der Waals surface area contributed by atoms with Crippen molar-refractivity contribution in [3.05, 3.63) is 12.2 Å². The fourth-order valence-electron chi connectivity index (χ4n) is 5.32. The lowest BCUT2D eigenvalue weighted by molar-refractivity contribution is -0.197. The maximum Gasteiger partial charge on any atom is 0.168 e. The van der Waals surface area contributed by atoms with Gasteiger partial charge in [0, 0.05) is 32.5 Å². The minimum atomic E-state index is -0.265. The van der Waals surface area contributed by atoms with E-state index in [0.717, 1.165) is 50.8 Å². The Morgan fingerprint density at radius 3 is 2.48 bits per heavy atom. The highest BCUT2D eigenvalue weighted by Gasteiger charge is 2.46. The predicted molar refractivity (Wildman–Crippen MR) is 113 cm³/mol. The summed E-state index contributed by atoms with van der Waals surface area (Å²) in [6.07, 6.45) is 11.5. The Morgan fingerprint density at radius 1 is 1.19 bits per heavy atom. The molecule has 0 aromatic heterocycles. The van der Waals surface area contributed by atoms with Crippen molar-refractivity contribution >= 4 is 0 Å². The number of rotatable bonds is 10. The molecule has 1 saturated heterocycles. The summed E-state index contributed by atoms with van der Waals surface area (Å²) in [6.45, 7) is 17.6. The summed E-state index contributed by atoms with van der Waals surface area (Å²) in [5.74, 6) is 1.48. The van der Waals surface area contributed by atoms with E-state index in [0.29, 0.717) is 5.41 Å². The van der Waals surface area contributed by atoms with Gasteiger partial charge < -0.3 is 9.47 Å². The van der Waals surface area contributed by atoms with Crippen LogP contribution in [0.15, 0.2) is 12.2 Å². The molecule has 3 nitrogen and oxygen atoms in total. The topological polar surface area (TPSA) is 21.7 Å². The molecule has 1 spiro atoms. The Bertz CT molecular complexity index is 489. The van der Waals surface area contributed by atoms with E-state index in [1.807, 2.05) is 0 Å². The second-order valence-electron chi connectivity index (χ2n) is 10.4. The average molecular weight is 378 g/mol. The fourth-order valence-corrected chi connectivity index (χ4v) is 5.32. The molecule has 0 radical (unpaired) electrons. The molecule has 0 N–H and O–H groups in total. The molecular weight excluding hydrogens is 334 g/mol. The summed E-state index contributed by atoms with van der Waals surface area (Å²) in [7, 11) is 0. The molecule has 3 heteroatoms. The van der Waals surface area contributed by atoms with Gasteiger partial charge in [-0.1, -0.05) is 39.3 Å². The van der Waals surface area contributed by atoms with Crippen molar-refractivity contribution in [1.29, 1.82) is 0 Å². The van der Waals surface area contributed by atoms with Gasteiger partial charge in [-0.05, 0) is 62.7 Å². The molecule has 1 atom stereocenters. The molecule has 0 aromatic rings. The van der Waals surface area contributed by atoms with Gasteiger partial charge in [0.15, 0.2) is 5.79 Å². The minimum Gasteiger partial charge on any atom is -0.347 e. The lowest BCUT2D eigenvalue weighted by Crippen LogP contribution is -2.39. The second kappa shape index (κ2) is 8.97. The van der Waals surface area contributed by atoms with Gasteiger partial charge in [0.25, 0.3) is 0 Å². The quantitative estimate of drug-likeness (QED) is 0.450. The molecule has 3 fully saturated rings. The Morgan fingerprint density at radius 2 is 1.89 bits per heavy atom. The first-order valence-electron chi connectivity index (χ1n) is 11.5. The highest BCUT2D eigenvalue weighted by atomic mass is 16.7. The van der Waals surface area contributed by atoms with E-state index >= 15 is 0 Å². The number of ether oxygens (including phenoxy) is 2. The molecule has 3 aliphatic rings. The predicted octanol–water partition coefficient (Wildman–Crippen LogP) is 5.79. The minimum absolute atomic E-state index is 0.265. The van der Waals surface area contributed by atoms with Crippen LogP contribution in [0.5, 0.6) is 0 Å². The molecule has 1 unspecified atom stereocenters. The van der Waals surface area contributed by atoms with Gasteiger partial charge in [0.2, 0.25) is 0 Å². The summed E-state index contributed by atoms with van der Waals surface area (Å²) in [6, 6.07) is 0. The van der Waals surface area contributed by atoms with E-state index in [-0.39, 0.29) is 11.9 Å². The molecule has 2 aliphatic carbocycles. The molecule has 1 heterocycles. The van der Waals surface area contributed by atoms with Crippen LogP contribution in [0.2, 0.25) is 0 Å². The molecule has 0 amide bonds. The van der Waals surface area contributed by atoms with E-state index in [1.54, 1.807) is 0 Å². The summed E-state index contributed by atoms with van der Waals surface area (Å²) in [5, 5.41) is 0. The van der Waals surface area contributed by atoms with Crippen molar-refractivity contribution < 1.29 is 9.47 Å².